The zero-order valence-electron chi connectivity index (χ0n) is 16.5. The van der Waals surface area contributed by atoms with Gasteiger partial charge in [0.15, 0.2) is 0 Å². The molecule has 28 heavy (non-hydrogen) atoms. The number of rotatable bonds is 6. The Morgan fingerprint density at radius 1 is 0.964 bits per heavy atom. The van der Waals surface area contributed by atoms with Crippen LogP contribution < -0.4 is 10.2 Å². The first kappa shape index (κ1) is 18.5. The first-order valence-corrected chi connectivity index (χ1v) is 10.2. The number of hydrogen-bond acceptors (Lipinski definition) is 4. The third kappa shape index (κ3) is 4.89. The van der Waals surface area contributed by atoms with E-state index in [-0.39, 0.29) is 0 Å². The second-order valence-electron chi connectivity index (χ2n) is 7.70. The van der Waals surface area contributed by atoms with E-state index in [2.05, 4.69) is 76.7 Å². The average molecular weight is 373 g/mol. The number of aryl methyl sites for hydroxylation is 1. The normalized spacial score (nSPS) is 14.8. The van der Waals surface area contributed by atoms with Crippen molar-refractivity contribution in [3.8, 4) is 0 Å². The minimum atomic E-state index is 0.751. The lowest BCUT2D eigenvalue weighted by atomic mass is 9.90. The van der Waals surface area contributed by atoms with Crippen LogP contribution in [0.2, 0.25) is 0 Å². The number of piperidine rings is 1. The molecule has 0 bridgehead atoms. The van der Waals surface area contributed by atoms with Crippen LogP contribution in [0.3, 0.4) is 0 Å². The molecular formula is C24H28N4. The van der Waals surface area contributed by atoms with Gasteiger partial charge in [0.25, 0.3) is 0 Å². The summed E-state index contributed by atoms with van der Waals surface area (Å²) in [5.74, 6) is 2.48. The largest absolute Gasteiger partial charge is 0.366 e. The molecule has 4 nitrogen and oxygen atoms in total. The molecule has 4 heteroatoms. The van der Waals surface area contributed by atoms with E-state index in [0.717, 1.165) is 37.3 Å². The molecule has 2 aromatic carbocycles. The van der Waals surface area contributed by atoms with Crippen LogP contribution in [0, 0.1) is 12.8 Å². The van der Waals surface area contributed by atoms with Crippen molar-refractivity contribution in [1.82, 2.24) is 9.97 Å². The van der Waals surface area contributed by atoms with E-state index in [1.54, 1.807) is 0 Å². The van der Waals surface area contributed by atoms with Gasteiger partial charge in [-0.15, -0.1) is 0 Å². The van der Waals surface area contributed by atoms with E-state index in [4.69, 9.17) is 4.98 Å². The summed E-state index contributed by atoms with van der Waals surface area (Å²) in [6, 6.07) is 21.3. The van der Waals surface area contributed by atoms with Crippen molar-refractivity contribution in [2.24, 2.45) is 5.92 Å². The molecule has 0 amide bonds. The molecule has 2 heterocycles. The van der Waals surface area contributed by atoms with Crippen LogP contribution in [-0.2, 0) is 13.0 Å². The Balaban J connectivity index is 1.32. The standard InChI is InChI=1S/C24H28N4/c1-19-6-5-9-22(16-19)18-26-23-10-13-25-24(27-23)28-14-11-21(12-15-28)17-20-7-3-2-4-8-20/h2-10,13,16,21H,11-12,14-15,17-18H2,1H3,(H,25,26,27). The van der Waals surface area contributed by atoms with Crippen molar-refractivity contribution in [3.05, 3.63) is 83.6 Å². The molecule has 3 aromatic rings. The van der Waals surface area contributed by atoms with Crippen LogP contribution in [0.15, 0.2) is 66.9 Å². The van der Waals surface area contributed by atoms with Crippen LogP contribution in [0.5, 0.6) is 0 Å². The van der Waals surface area contributed by atoms with Crippen molar-refractivity contribution in [3.63, 3.8) is 0 Å². The van der Waals surface area contributed by atoms with E-state index in [1.807, 2.05) is 12.3 Å². The van der Waals surface area contributed by atoms with Gasteiger partial charge < -0.3 is 10.2 Å². The lowest BCUT2D eigenvalue weighted by molar-refractivity contribution is 0.400. The zero-order chi connectivity index (χ0) is 19.2. The van der Waals surface area contributed by atoms with Gasteiger partial charge in [0.05, 0.1) is 0 Å². The highest BCUT2D eigenvalue weighted by Gasteiger charge is 2.21. The molecule has 0 saturated carbocycles. The van der Waals surface area contributed by atoms with Crippen LogP contribution in [0.1, 0.15) is 29.5 Å². The fraction of sp³-hybridized carbons (Fsp3) is 0.333. The third-order valence-corrected chi connectivity index (χ3v) is 5.46. The Kier molecular flexibility index (Phi) is 5.86. The molecule has 1 aliphatic rings. The fourth-order valence-corrected chi connectivity index (χ4v) is 3.90. The quantitative estimate of drug-likeness (QED) is 0.671. The molecule has 0 atom stereocenters. The molecule has 0 unspecified atom stereocenters. The van der Waals surface area contributed by atoms with Gasteiger partial charge in [0.2, 0.25) is 5.95 Å². The maximum atomic E-state index is 4.75. The summed E-state index contributed by atoms with van der Waals surface area (Å²) in [6.45, 7) is 4.95. The summed E-state index contributed by atoms with van der Waals surface area (Å²) in [5.41, 5.74) is 3.99. The molecule has 1 N–H and O–H groups in total. The molecule has 0 spiro atoms. The van der Waals surface area contributed by atoms with Crippen LogP contribution >= 0.6 is 0 Å². The Morgan fingerprint density at radius 2 is 1.75 bits per heavy atom. The van der Waals surface area contributed by atoms with Crippen molar-refractivity contribution in [1.29, 1.82) is 0 Å². The Hall–Kier alpha value is -2.88. The van der Waals surface area contributed by atoms with Crippen molar-refractivity contribution >= 4 is 11.8 Å². The Labute approximate surface area is 167 Å². The zero-order valence-corrected chi connectivity index (χ0v) is 16.5. The van der Waals surface area contributed by atoms with Gasteiger partial charge in [-0.05, 0) is 49.3 Å². The number of nitrogens with one attached hydrogen (secondary N) is 1. The first-order valence-electron chi connectivity index (χ1n) is 10.2. The highest BCUT2D eigenvalue weighted by molar-refractivity contribution is 5.42. The van der Waals surface area contributed by atoms with Crippen LogP contribution in [-0.4, -0.2) is 23.1 Å². The maximum Gasteiger partial charge on any atom is 0.227 e. The van der Waals surface area contributed by atoms with E-state index in [0.29, 0.717) is 0 Å². The molecule has 0 radical (unpaired) electrons. The SMILES string of the molecule is Cc1cccc(CNc2ccnc(N3CCC(Cc4ccccc4)CC3)n2)c1. The molecule has 1 aromatic heterocycles. The van der Waals surface area contributed by atoms with Gasteiger partial charge in [0, 0.05) is 25.8 Å². The minimum Gasteiger partial charge on any atom is -0.366 e. The number of benzene rings is 2. The molecule has 1 fully saturated rings. The molecule has 144 valence electrons. The predicted octanol–water partition coefficient (Wildman–Crippen LogP) is 4.86. The monoisotopic (exact) mass is 372 g/mol. The van der Waals surface area contributed by atoms with E-state index >= 15 is 0 Å². The summed E-state index contributed by atoms with van der Waals surface area (Å²) in [6.07, 6.45) is 5.42. The molecule has 4 rings (SSSR count). The van der Waals surface area contributed by atoms with Gasteiger partial charge in [0.1, 0.15) is 5.82 Å². The fourth-order valence-electron chi connectivity index (χ4n) is 3.90. The Bertz CT molecular complexity index is 886. The summed E-state index contributed by atoms with van der Waals surface area (Å²) in [5, 5.41) is 3.43. The average Bonchev–Trinajstić information content (AvgIpc) is 2.74. The third-order valence-electron chi connectivity index (χ3n) is 5.46. The first-order chi connectivity index (χ1) is 13.8. The predicted molar refractivity (Wildman–Crippen MR) is 116 cm³/mol. The number of nitrogens with zero attached hydrogens (tertiary/aromatic N) is 3. The molecule has 1 saturated heterocycles. The van der Waals surface area contributed by atoms with Crippen molar-refractivity contribution in [2.75, 3.05) is 23.3 Å². The van der Waals surface area contributed by atoms with Crippen LogP contribution in [0.25, 0.3) is 0 Å². The van der Waals surface area contributed by atoms with E-state index < -0.39 is 0 Å². The summed E-state index contributed by atoms with van der Waals surface area (Å²) < 4.78 is 0. The number of anilines is 2. The van der Waals surface area contributed by atoms with Crippen LogP contribution in [0.4, 0.5) is 11.8 Å². The maximum absolute atomic E-state index is 4.75. The number of aromatic nitrogens is 2. The summed E-state index contributed by atoms with van der Waals surface area (Å²) in [4.78, 5) is 11.6. The number of hydrogen-bond donors (Lipinski definition) is 1. The van der Waals surface area contributed by atoms with Gasteiger partial charge >= 0.3 is 0 Å². The summed E-state index contributed by atoms with van der Waals surface area (Å²) in [7, 11) is 0. The highest BCUT2D eigenvalue weighted by Crippen LogP contribution is 2.24. The van der Waals surface area contributed by atoms with Crippen molar-refractivity contribution in [2.45, 2.75) is 32.7 Å². The molecule has 1 aliphatic heterocycles. The lowest BCUT2D eigenvalue weighted by Gasteiger charge is -2.32. The van der Waals surface area contributed by atoms with Gasteiger partial charge in [-0.1, -0.05) is 60.2 Å². The second kappa shape index (κ2) is 8.87. The van der Waals surface area contributed by atoms with Gasteiger partial charge in [-0.25, -0.2) is 4.98 Å². The van der Waals surface area contributed by atoms with Gasteiger partial charge in [-0.2, -0.15) is 4.98 Å². The molecular weight excluding hydrogens is 344 g/mol. The lowest BCUT2D eigenvalue weighted by Crippen LogP contribution is -2.35. The van der Waals surface area contributed by atoms with Crippen molar-refractivity contribution < 1.29 is 0 Å². The summed E-state index contributed by atoms with van der Waals surface area (Å²) >= 11 is 0. The topological polar surface area (TPSA) is 41.1 Å². The van der Waals surface area contributed by atoms with E-state index in [1.165, 1.54) is 36.0 Å². The highest BCUT2D eigenvalue weighted by atomic mass is 15.3. The van der Waals surface area contributed by atoms with Gasteiger partial charge in [-0.3, -0.25) is 0 Å². The Morgan fingerprint density at radius 3 is 2.54 bits per heavy atom. The second-order valence-corrected chi connectivity index (χ2v) is 7.70. The molecule has 0 aliphatic carbocycles. The smallest absolute Gasteiger partial charge is 0.227 e. The minimum absolute atomic E-state index is 0.751. The van der Waals surface area contributed by atoms with E-state index in [9.17, 15) is 0 Å².